The van der Waals surface area contributed by atoms with Gasteiger partial charge >= 0.3 is 0 Å². The number of anilines is 1. The first-order chi connectivity index (χ1) is 14.7. The van der Waals surface area contributed by atoms with Crippen LogP contribution in [-0.2, 0) is 21.2 Å². The summed E-state index contributed by atoms with van der Waals surface area (Å²) in [6.45, 7) is 5.85. The van der Waals surface area contributed by atoms with Crippen LogP contribution in [0.3, 0.4) is 0 Å². The monoisotopic (exact) mass is 488 g/mol. The van der Waals surface area contributed by atoms with Gasteiger partial charge in [-0.05, 0) is 37.6 Å². The molecule has 0 saturated carbocycles. The number of nitrogens with zero attached hydrogens (tertiary/aromatic N) is 3. The highest BCUT2D eigenvalue weighted by Gasteiger charge is 2.33. The summed E-state index contributed by atoms with van der Waals surface area (Å²) in [5.74, 6) is -2.24. The molecule has 1 fully saturated rings. The topological polar surface area (TPSA) is 93.9 Å². The molecule has 2 aromatic rings. The summed E-state index contributed by atoms with van der Waals surface area (Å²) in [6, 6.07) is 6.18. The van der Waals surface area contributed by atoms with Crippen molar-refractivity contribution in [3.05, 3.63) is 42.7 Å². The van der Waals surface area contributed by atoms with Crippen molar-refractivity contribution in [3.8, 4) is 0 Å². The summed E-state index contributed by atoms with van der Waals surface area (Å²) >= 11 is 1.64. The molecule has 0 spiro atoms. The number of benzene rings is 1. The van der Waals surface area contributed by atoms with Crippen molar-refractivity contribution in [2.45, 2.75) is 46.9 Å². The highest BCUT2D eigenvalue weighted by Crippen LogP contribution is 2.32. The van der Waals surface area contributed by atoms with E-state index in [1.165, 1.54) is 23.9 Å². The number of aromatic nitrogens is 3. The van der Waals surface area contributed by atoms with Gasteiger partial charge in [0.1, 0.15) is 5.82 Å². The molecule has 168 valence electrons. The molecule has 1 aromatic heterocycles. The molecule has 1 aliphatic rings. The fourth-order valence-corrected chi connectivity index (χ4v) is 6.27. The Morgan fingerprint density at radius 3 is 2.61 bits per heavy atom. The van der Waals surface area contributed by atoms with Crippen molar-refractivity contribution in [1.29, 1.82) is 0 Å². The number of rotatable bonds is 9. The average molecular weight is 489 g/mol. The number of alkyl halides is 2. The molecule has 1 amide bonds. The van der Waals surface area contributed by atoms with E-state index in [0.717, 1.165) is 0 Å². The summed E-state index contributed by atoms with van der Waals surface area (Å²) in [7, 11) is -3.07. The summed E-state index contributed by atoms with van der Waals surface area (Å²) in [5.41, 5.74) is 0.500. The first kappa shape index (κ1) is 23.7. The van der Waals surface area contributed by atoms with Gasteiger partial charge in [0.05, 0.1) is 16.8 Å². The molecule has 3 rings (SSSR count). The molecule has 12 heteroatoms. The fourth-order valence-electron chi connectivity index (χ4n) is 3.16. The third-order valence-electron chi connectivity index (χ3n) is 4.65. The second-order valence-electron chi connectivity index (χ2n) is 6.99. The molecule has 0 aliphatic carbocycles. The number of hydrogen-bond donors (Lipinski definition) is 1. The predicted molar refractivity (Wildman–Crippen MR) is 118 cm³/mol. The molecular formula is C19H22F2N4O3S3. The van der Waals surface area contributed by atoms with Crippen LogP contribution < -0.4 is 5.32 Å². The standard InChI is InChI=1S/C19H22F2N4O3S3/c1-3-9-25-16(13-8-10-31(27,28)11-13)23-24-19(25)29-12(2)17(26)22-14-4-6-15(7-5-14)30-18(20)21/h3-7,12-13,18H,1,8-11H2,2H3,(H,22,26). The Morgan fingerprint density at radius 1 is 1.32 bits per heavy atom. The molecule has 0 bridgehead atoms. The van der Waals surface area contributed by atoms with E-state index in [2.05, 4.69) is 22.1 Å². The van der Waals surface area contributed by atoms with Crippen molar-refractivity contribution >= 4 is 45.0 Å². The van der Waals surface area contributed by atoms with Crippen LogP contribution in [0.2, 0.25) is 0 Å². The number of nitrogens with one attached hydrogen (secondary N) is 1. The number of hydrogen-bond acceptors (Lipinski definition) is 7. The van der Waals surface area contributed by atoms with Gasteiger partial charge in [-0.1, -0.05) is 29.6 Å². The smallest absolute Gasteiger partial charge is 0.288 e. The number of halogens is 2. The van der Waals surface area contributed by atoms with Gasteiger partial charge in [0.25, 0.3) is 5.76 Å². The van der Waals surface area contributed by atoms with Gasteiger partial charge in [-0.25, -0.2) is 8.42 Å². The van der Waals surface area contributed by atoms with E-state index >= 15 is 0 Å². The molecule has 1 N–H and O–H groups in total. The second-order valence-corrected chi connectivity index (χ2v) is 11.6. The molecule has 1 aliphatic heterocycles. The first-order valence-electron chi connectivity index (χ1n) is 9.45. The van der Waals surface area contributed by atoms with Gasteiger partial charge in [0, 0.05) is 23.0 Å². The fraction of sp³-hybridized carbons (Fsp3) is 0.421. The first-order valence-corrected chi connectivity index (χ1v) is 13.0. The zero-order valence-corrected chi connectivity index (χ0v) is 19.2. The minimum Gasteiger partial charge on any atom is -0.325 e. The van der Waals surface area contributed by atoms with E-state index < -0.39 is 20.8 Å². The molecule has 1 saturated heterocycles. The van der Waals surface area contributed by atoms with E-state index in [1.54, 1.807) is 29.7 Å². The molecule has 7 nitrogen and oxygen atoms in total. The maximum atomic E-state index is 12.6. The lowest BCUT2D eigenvalue weighted by Gasteiger charge is -2.14. The molecular weight excluding hydrogens is 466 g/mol. The Hall–Kier alpha value is -1.92. The summed E-state index contributed by atoms with van der Waals surface area (Å²) < 4.78 is 50.3. The lowest BCUT2D eigenvalue weighted by atomic mass is 10.1. The molecule has 0 radical (unpaired) electrons. The Kier molecular flexibility index (Phi) is 7.76. The van der Waals surface area contributed by atoms with E-state index in [-0.39, 0.29) is 23.3 Å². The maximum Gasteiger partial charge on any atom is 0.288 e. The summed E-state index contributed by atoms with van der Waals surface area (Å²) in [4.78, 5) is 13.0. The minimum atomic E-state index is -3.07. The van der Waals surface area contributed by atoms with Crippen LogP contribution in [0, 0.1) is 0 Å². The van der Waals surface area contributed by atoms with Crippen LogP contribution in [0.25, 0.3) is 0 Å². The summed E-state index contributed by atoms with van der Waals surface area (Å²) in [5, 5.41) is 11.1. The van der Waals surface area contributed by atoms with Gasteiger partial charge in [0.2, 0.25) is 5.91 Å². The minimum absolute atomic E-state index is 0.0445. The van der Waals surface area contributed by atoms with E-state index in [1.807, 2.05) is 0 Å². The SMILES string of the molecule is C=CCn1c(SC(C)C(=O)Nc2ccc(SC(F)F)cc2)nnc1C1CCS(=O)(=O)C1. The lowest BCUT2D eigenvalue weighted by molar-refractivity contribution is -0.115. The van der Waals surface area contributed by atoms with Crippen LogP contribution in [-0.4, -0.2) is 51.6 Å². The Balaban J connectivity index is 1.67. The quantitative estimate of drug-likeness (QED) is 0.424. The number of carbonyl (C=O) groups is 1. The maximum absolute atomic E-state index is 12.6. The Labute approximate surface area is 188 Å². The van der Waals surface area contributed by atoms with Gasteiger partial charge in [-0.2, -0.15) is 8.78 Å². The van der Waals surface area contributed by atoms with Crippen molar-refractivity contribution < 1.29 is 22.0 Å². The molecule has 2 heterocycles. The number of allylic oxidation sites excluding steroid dienone is 1. The van der Waals surface area contributed by atoms with Crippen LogP contribution in [0.1, 0.15) is 25.1 Å². The third kappa shape index (κ3) is 6.30. The van der Waals surface area contributed by atoms with Crippen molar-refractivity contribution in [2.24, 2.45) is 0 Å². The molecule has 31 heavy (non-hydrogen) atoms. The molecule has 2 unspecified atom stereocenters. The normalized spacial score (nSPS) is 18.8. The Morgan fingerprint density at radius 2 is 2.03 bits per heavy atom. The Bertz CT molecular complexity index is 1040. The highest BCUT2D eigenvalue weighted by atomic mass is 32.2. The van der Waals surface area contributed by atoms with Crippen LogP contribution in [0.15, 0.2) is 47.0 Å². The molecule has 2 atom stereocenters. The molecule has 1 aromatic carbocycles. The van der Waals surface area contributed by atoms with Crippen molar-refractivity contribution in [1.82, 2.24) is 14.8 Å². The van der Waals surface area contributed by atoms with Crippen molar-refractivity contribution in [3.63, 3.8) is 0 Å². The van der Waals surface area contributed by atoms with E-state index in [9.17, 15) is 22.0 Å². The van der Waals surface area contributed by atoms with Crippen LogP contribution in [0.5, 0.6) is 0 Å². The number of carbonyl (C=O) groups excluding carboxylic acids is 1. The highest BCUT2D eigenvalue weighted by molar-refractivity contribution is 8.00. The van der Waals surface area contributed by atoms with Crippen LogP contribution >= 0.6 is 23.5 Å². The number of thioether (sulfide) groups is 2. The van der Waals surface area contributed by atoms with Gasteiger partial charge in [-0.15, -0.1) is 16.8 Å². The van der Waals surface area contributed by atoms with Gasteiger partial charge in [0.15, 0.2) is 15.0 Å². The third-order valence-corrected chi connectivity index (χ3v) is 8.22. The lowest BCUT2D eigenvalue weighted by Crippen LogP contribution is -2.23. The summed E-state index contributed by atoms with van der Waals surface area (Å²) in [6.07, 6.45) is 2.17. The zero-order valence-electron chi connectivity index (χ0n) is 16.7. The largest absolute Gasteiger partial charge is 0.325 e. The van der Waals surface area contributed by atoms with E-state index in [0.29, 0.717) is 46.3 Å². The number of sulfone groups is 1. The second kappa shape index (κ2) is 10.1. The van der Waals surface area contributed by atoms with Gasteiger partial charge in [-0.3, -0.25) is 4.79 Å². The van der Waals surface area contributed by atoms with Crippen LogP contribution in [0.4, 0.5) is 14.5 Å². The average Bonchev–Trinajstić information content (AvgIpc) is 3.26. The zero-order chi connectivity index (χ0) is 22.6. The van der Waals surface area contributed by atoms with Crippen molar-refractivity contribution in [2.75, 3.05) is 16.8 Å². The predicted octanol–water partition coefficient (Wildman–Crippen LogP) is 3.80. The number of amides is 1. The van der Waals surface area contributed by atoms with Gasteiger partial charge < -0.3 is 9.88 Å². The van der Waals surface area contributed by atoms with E-state index in [4.69, 9.17) is 0 Å².